The van der Waals surface area contributed by atoms with Gasteiger partial charge in [0.1, 0.15) is 12.4 Å². The van der Waals surface area contributed by atoms with Gasteiger partial charge in [0.2, 0.25) is 0 Å². The molecule has 0 spiro atoms. The van der Waals surface area contributed by atoms with Gasteiger partial charge in [0, 0.05) is 0 Å². The van der Waals surface area contributed by atoms with Gasteiger partial charge in [0.25, 0.3) is 0 Å². The van der Waals surface area contributed by atoms with Crippen LogP contribution in [0.4, 0.5) is 17.3 Å². The molecule has 0 radical (unpaired) electrons. The van der Waals surface area contributed by atoms with Gasteiger partial charge < -0.3 is 22.4 Å². The predicted molar refractivity (Wildman–Crippen MR) is 64.2 cm³/mol. The van der Waals surface area contributed by atoms with Crippen molar-refractivity contribution in [1.82, 2.24) is 0 Å². The molecule has 2 rings (SSSR count). The molecule has 1 aliphatic heterocycles. The van der Waals surface area contributed by atoms with Gasteiger partial charge in [-0.15, -0.1) is 0 Å². The van der Waals surface area contributed by atoms with E-state index in [1.165, 1.54) is 0 Å². The van der Waals surface area contributed by atoms with Crippen LogP contribution in [0.15, 0.2) is 18.2 Å². The monoisotopic (exact) mass is 316 g/mol. The quantitative estimate of drug-likeness (QED) is 0.567. The maximum atomic E-state index is 12.9. The van der Waals surface area contributed by atoms with Gasteiger partial charge in [-0.2, -0.15) is 0 Å². The second-order valence-electron chi connectivity index (χ2n) is 4.71. The summed E-state index contributed by atoms with van der Waals surface area (Å²) in [6.45, 7) is -3.34. The molecule has 1 aromatic rings. The van der Waals surface area contributed by atoms with E-state index in [9.17, 15) is 17.3 Å². The van der Waals surface area contributed by atoms with Crippen LogP contribution in [0.2, 0.25) is 0 Å². The van der Waals surface area contributed by atoms with Crippen molar-refractivity contribution < 1.29 is 78.2 Å². The molecule has 0 bridgehead atoms. The zero-order valence-electron chi connectivity index (χ0n) is 11.4. The van der Waals surface area contributed by atoms with Crippen LogP contribution >= 0.6 is 0 Å². The molecule has 2 nitrogen and oxygen atoms in total. The fourth-order valence-corrected chi connectivity index (χ4v) is 2.10. The van der Waals surface area contributed by atoms with Gasteiger partial charge in [0.05, 0.1) is 18.0 Å². The smallest absolute Gasteiger partial charge is 0.494 e. The van der Waals surface area contributed by atoms with Crippen LogP contribution in [-0.4, -0.2) is 25.8 Å². The Hall–Kier alpha value is 0.401. The second kappa shape index (κ2) is 7.60. The van der Waals surface area contributed by atoms with Gasteiger partial charge in [-0.05, 0) is 38.0 Å². The summed E-state index contributed by atoms with van der Waals surface area (Å²) >= 11 is 0. The Morgan fingerprint density at radius 3 is 2.55 bits per heavy atom. The first-order chi connectivity index (χ1) is 8.86. The summed E-state index contributed by atoms with van der Waals surface area (Å²) in [7, 11) is 0. The average molecular weight is 316 g/mol. The van der Waals surface area contributed by atoms with Crippen LogP contribution in [-0.2, 0) is 4.74 Å². The fourth-order valence-electron chi connectivity index (χ4n) is 2.10. The standard InChI is InChI=1S/C12H14BF4O2.K/c1-8-2-4-10(19-8)7-18-12-5-3-9(14)6-11(12)13(15,16)17;/h3,5-6,8,10H,2,4,7H2,1H3;/q-1;+1. The second-order valence-corrected chi connectivity index (χ2v) is 4.71. The first kappa shape index (κ1) is 18.5. The number of halogens is 4. The third-order valence-corrected chi connectivity index (χ3v) is 3.07. The SMILES string of the molecule is CC1CCC(COc2ccc(F)cc2[B-](F)(F)F)O1.[K+]. The van der Waals surface area contributed by atoms with E-state index in [1.807, 2.05) is 6.92 Å². The van der Waals surface area contributed by atoms with Crippen LogP contribution in [0.3, 0.4) is 0 Å². The van der Waals surface area contributed by atoms with E-state index >= 15 is 0 Å². The number of benzene rings is 1. The molecule has 2 atom stereocenters. The number of rotatable bonds is 4. The Labute approximate surface area is 157 Å². The average Bonchev–Trinajstić information content (AvgIpc) is 2.72. The van der Waals surface area contributed by atoms with E-state index in [2.05, 4.69) is 0 Å². The minimum absolute atomic E-state index is 0. The molecule has 1 heterocycles. The Morgan fingerprint density at radius 2 is 2.00 bits per heavy atom. The zero-order chi connectivity index (χ0) is 14.0. The third kappa shape index (κ3) is 4.99. The van der Waals surface area contributed by atoms with Gasteiger partial charge in [0.15, 0.2) is 0 Å². The van der Waals surface area contributed by atoms with Gasteiger partial charge in [-0.25, -0.2) is 4.39 Å². The minimum Gasteiger partial charge on any atom is -0.494 e. The van der Waals surface area contributed by atoms with E-state index in [4.69, 9.17) is 9.47 Å². The van der Waals surface area contributed by atoms with E-state index in [0.717, 1.165) is 25.0 Å². The topological polar surface area (TPSA) is 18.5 Å². The number of hydrogen-bond donors (Lipinski definition) is 0. The molecule has 1 aliphatic rings. The molecule has 0 N–H and O–H groups in total. The van der Waals surface area contributed by atoms with Crippen LogP contribution in [0.5, 0.6) is 5.75 Å². The molecule has 0 saturated carbocycles. The Kier molecular flexibility index (Phi) is 7.01. The van der Waals surface area contributed by atoms with Crippen molar-refractivity contribution in [2.75, 3.05) is 6.61 Å². The largest absolute Gasteiger partial charge is 1.00 e. The normalized spacial score (nSPS) is 22.4. The van der Waals surface area contributed by atoms with Crippen LogP contribution in [0, 0.1) is 5.82 Å². The van der Waals surface area contributed by atoms with Crippen molar-refractivity contribution in [3.8, 4) is 5.75 Å². The Balaban J connectivity index is 0.00000200. The molecule has 106 valence electrons. The van der Waals surface area contributed by atoms with Gasteiger partial charge in [-0.3, -0.25) is 0 Å². The molecule has 20 heavy (non-hydrogen) atoms. The van der Waals surface area contributed by atoms with Crippen LogP contribution in [0.25, 0.3) is 0 Å². The molecular formula is C12H14BF4KO2. The van der Waals surface area contributed by atoms with Gasteiger partial charge >= 0.3 is 58.4 Å². The van der Waals surface area contributed by atoms with E-state index in [1.54, 1.807) is 0 Å². The van der Waals surface area contributed by atoms with Crippen LogP contribution in [0.1, 0.15) is 19.8 Å². The van der Waals surface area contributed by atoms with Crippen molar-refractivity contribution in [3.63, 3.8) is 0 Å². The summed E-state index contributed by atoms with van der Waals surface area (Å²) < 4.78 is 61.8. The van der Waals surface area contributed by atoms with E-state index in [0.29, 0.717) is 6.07 Å². The molecule has 1 saturated heterocycles. The Morgan fingerprint density at radius 1 is 1.30 bits per heavy atom. The fraction of sp³-hybridized carbons (Fsp3) is 0.500. The molecule has 0 aliphatic carbocycles. The molecule has 1 fully saturated rings. The van der Waals surface area contributed by atoms with Crippen molar-refractivity contribution >= 4 is 12.4 Å². The maximum absolute atomic E-state index is 12.9. The van der Waals surface area contributed by atoms with Crippen LogP contribution < -0.4 is 61.6 Å². The summed E-state index contributed by atoms with van der Waals surface area (Å²) in [4.78, 5) is 0. The number of ether oxygens (including phenoxy) is 2. The minimum atomic E-state index is -5.30. The van der Waals surface area contributed by atoms with Gasteiger partial charge in [-0.1, -0.05) is 5.46 Å². The first-order valence-corrected chi connectivity index (χ1v) is 6.14. The molecule has 8 heteroatoms. The summed E-state index contributed by atoms with van der Waals surface area (Å²) in [5, 5.41) is 0. The molecular weight excluding hydrogens is 302 g/mol. The summed E-state index contributed by atoms with van der Waals surface area (Å²) in [6, 6.07) is 2.44. The van der Waals surface area contributed by atoms with E-state index < -0.39 is 18.3 Å². The van der Waals surface area contributed by atoms with Crippen molar-refractivity contribution in [2.45, 2.75) is 32.0 Å². The third-order valence-electron chi connectivity index (χ3n) is 3.07. The van der Waals surface area contributed by atoms with E-state index in [-0.39, 0.29) is 75.9 Å². The zero-order valence-corrected chi connectivity index (χ0v) is 14.5. The Bertz CT molecular complexity index is 456. The first-order valence-electron chi connectivity index (χ1n) is 6.14. The number of hydrogen-bond acceptors (Lipinski definition) is 2. The van der Waals surface area contributed by atoms with Crippen molar-refractivity contribution in [3.05, 3.63) is 24.0 Å². The summed E-state index contributed by atoms with van der Waals surface area (Å²) in [5.41, 5.74) is -1.04. The summed E-state index contributed by atoms with van der Waals surface area (Å²) in [6.07, 6.45) is 1.53. The maximum Gasteiger partial charge on any atom is 1.00 e. The molecule has 1 aromatic carbocycles. The molecule has 0 amide bonds. The van der Waals surface area contributed by atoms with Crippen molar-refractivity contribution in [1.29, 1.82) is 0 Å². The predicted octanol–water partition coefficient (Wildman–Crippen LogP) is -0.170. The molecule has 2 unspecified atom stereocenters. The molecule has 0 aromatic heterocycles. The summed E-state index contributed by atoms with van der Waals surface area (Å²) in [5.74, 6) is -1.26. The van der Waals surface area contributed by atoms with Crippen molar-refractivity contribution in [2.24, 2.45) is 0 Å².